The molecule has 8 nitrogen and oxygen atoms in total. The van der Waals surface area contributed by atoms with E-state index in [1.165, 1.54) is 12.8 Å². The highest BCUT2D eigenvalue weighted by Gasteiger charge is 2.27. The Hall–Kier alpha value is -1.22. The molecule has 0 aliphatic heterocycles. The number of hydrogen-bond donors (Lipinski definition) is 2. The molecule has 0 aromatic heterocycles. The predicted molar refractivity (Wildman–Crippen MR) is 166 cm³/mol. The van der Waals surface area contributed by atoms with Crippen LogP contribution in [0.15, 0.2) is 0 Å². The van der Waals surface area contributed by atoms with Crippen LogP contribution >= 0.6 is 0 Å². The first kappa shape index (κ1) is 36.8. The fourth-order valence-electron chi connectivity index (χ4n) is 5.32. The van der Waals surface area contributed by atoms with E-state index in [-0.39, 0.29) is 35.9 Å². The molecule has 1 saturated carbocycles. The lowest BCUT2D eigenvalue weighted by molar-refractivity contribution is -0.159. The summed E-state index contributed by atoms with van der Waals surface area (Å²) in [5.41, 5.74) is -0.595. The van der Waals surface area contributed by atoms with Crippen LogP contribution in [-0.2, 0) is 19.1 Å². The van der Waals surface area contributed by atoms with E-state index in [2.05, 4.69) is 57.1 Å². The summed E-state index contributed by atoms with van der Waals surface area (Å²) >= 11 is 0. The van der Waals surface area contributed by atoms with Crippen LogP contribution in [0.25, 0.3) is 0 Å². The fourth-order valence-corrected chi connectivity index (χ4v) is 5.32. The molecule has 1 fully saturated rings. The van der Waals surface area contributed by atoms with Crippen molar-refractivity contribution in [2.75, 3.05) is 52.4 Å². The van der Waals surface area contributed by atoms with Gasteiger partial charge < -0.3 is 25.0 Å². The average Bonchev–Trinajstić information content (AvgIpc) is 2.69. The van der Waals surface area contributed by atoms with E-state index in [0.717, 1.165) is 39.0 Å². The molecule has 0 aromatic carbocycles. The number of rotatable bonds is 14. The number of nitrogens with one attached hydrogen (secondary N) is 2. The molecule has 0 spiro atoms. The first-order valence-electron chi connectivity index (χ1n) is 15.5. The van der Waals surface area contributed by atoms with Crippen LogP contribution in [0.4, 0.5) is 0 Å². The van der Waals surface area contributed by atoms with E-state index in [1.807, 2.05) is 46.4 Å². The van der Waals surface area contributed by atoms with E-state index < -0.39 is 11.2 Å². The van der Waals surface area contributed by atoms with Crippen LogP contribution in [0.1, 0.15) is 109 Å². The van der Waals surface area contributed by atoms with Gasteiger partial charge in [0.05, 0.1) is 13.1 Å². The molecule has 1 rings (SSSR count). The van der Waals surface area contributed by atoms with Gasteiger partial charge in [0, 0.05) is 51.4 Å². The highest BCUT2D eigenvalue weighted by atomic mass is 16.6. The topological polar surface area (TPSA) is 83.1 Å². The minimum Gasteiger partial charge on any atom is -0.459 e. The normalized spacial score (nSPS) is 19.2. The molecular formula is C32H64N4O4. The van der Waals surface area contributed by atoms with Gasteiger partial charge in [-0.15, -0.1) is 0 Å². The first-order chi connectivity index (χ1) is 18.1. The highest BCUT2D eigenvalue weighted by Crippen LogP contribution is 2.21. The molecule has 0 amide bonds. The van der Waals surface area contributed by atoms with Crippen molar-refractivity contribution in [2.45, 2.75) is 132 Å². The number of esters is 2. The Bertz CT molecular complexity index is 713. The maximum atomic E-state index is 12.5. The third kappa shape index (κ3) is 19.0. The zero-order valence-electron chi connectivity index (χ0n) is 28.2. The van der Waals surface area contributed by atoms with Crippen LogP contribution in [0.5, 0.6) is 0 Å². The van der Waals surface area contributed by atoms with Gasteiger partial charge in [-0.05, 0) is 65.2 Å². The third-order valence-electron chi connectivity index (χ3n) is 6.38. The Morgan fingerprint density at radius 3 is 1.30 bits per heavy atom. The predicted octanol–water partition coefficient (Wildman–Crippen LogP) is 4.86. The lowest BCUT2D eigenvalue weighted by atomic mass is 9.90. The van der Waals surface area contributed by atoms with Crippen molar-refractivity contribution in [1.29, 1.82) is 0 Å². The van der Waals surface area contributed by atoms with Gasteiger partial charge in [0.2, 0.25) is 0 Å². The molecule has 8 heteroatoms. The van der Waals surface area contributed by atoms with Crippen molar-refractivity contribution < 1.29 is 19.1 Å². The molecule has 2 atom stereocenters. The summed E-state index contributed by atoms with van der Waals surface area (Å²) in [6.45, 7) is 30.5. The quantitative estimate of drug-likeness (QED) is 0.288. The molecule has 0 bridgehead atoms. The summed E-state index contributed by atoms with van der Waals surface area (Å²) in [5.74, 6) is -0.660. The minimum absolute atomic E-state index is 0.0575. The van der Waals surface area contributed by atoms with Crippen LogP contribution in [0.2, 0.25) is 0 Å². The number of nitrogens with zero attached hydrogens (tertiary/aromatic N) is 2. The molecule has 1 aliphatic rings. The van der Waals surface area contributed by atoms with Crippen molar-refractivity contribution in [2.24, 2.45) is 10.8 Å². The summed E-state index contributed by atoms with van der Waals surface area (Å²) in [7, 11) is 0. The number of carbonyl (C=O) groups excluding carboxylic acids is 2. The van der Waals surface area contributed by atoms with Gasteiger partial charge in [-0.25, -0.2) is 0 Å². The molecular weight excluding hydrogens is 504 g/mol. The van der Waals surface area contributed by atoms with Gasteiger partial charge in [0.25, 0.3) is 0 Å². The molecule has 2 N–H and O–H groups in total. The van der Waals surface area contributed by atoms with Gasteiger partial charge in [0.1, 0.15) is 11.2 Å². The van der Waals surface area contributed by atoms with Crippen LogP contribution in [0.3, 0.4) is 0 Å². The van der Waals surface area contributed by atoms with Crippen LogP contribution in [-0.4, -0.2) is 97.4 Å². The Balaban J connectivity index is 2.71. The molecule has 0 unspecified atom stereocenters. The van der Waals surface area contributed by atoms with Crippen molar-refractivity contribution >= 4 is 11.9 Å². The second kappa shape index (κ2) is 15.9. The van der Waals surface area contributed by atoms with Crippen molar-refractivity contribution in [3.05, 3.63) is 0 Å². The number of hydrogen-bond acceptors (Lipinski definition) is 8. The minimum atomic E-state index is -0.566. The van der Waals surface area contributed by atoms with Crippen molar-refractivity contribution in [3.8, 4) is 0 Å². The molecule has 236 valence electrons. The lowest BCUT2D eigenvalue weighted by Crippen LogP contribution is -2.53. The number of ether oxygens (including phenoxy) is 2. The third-order valence-corrected chi connectivity index (χ3v) is 6.38. The zero-order valence-corrected chi connectivity index (χ0v) is 28.2. The standard InChI is InChI=1S/C32H64N4O4/c1-29(2,3)23-36(24-30(4,5)6)20-18-34-26-16-14-13-15-25(26)33-17-19-35(21-27(37)39-31(7,8)9)22-28(38)40-32(10,11)12/h25-26,33-34H,13-24H2,1-12H3/t25-,26-/m0/s1. The zero-order chi connectivity index (χ0) is 30.8. The van der Waals surface area contributed by atoms with Gasteiger partial charge in [-0.2, -0.15) is 0 Å². The molecule has 0 aromatic rings. The first-order valence-corrected chi connectivity index (χ1v) is 15.5. The highest BCUT2D eigenvalue weighted by molar-refractivity contribution is 5.75. The Labute approximate surface area is 246 Å². The van der Waals surface area contributed by atoms with Gasteiger partial charge in [-0.3, -0.25) is 14.5 Å². The summed E-state index contributed by atoms with van der Waals surface area (Å²) in [4.78, 5) is 29.5. The second-order valence-electron chi connectivity index (χ2n) is 16.1. The molecule has 0 radical (unpaired) electrons. The van der Waals surface area contributed by atoms with E-state index in [9.17, 15) is 9.59 Å². The maximum absolute atomic E-state index is 12.5. The monoisotopic (exact) mass is 568 g/mol. The SMILES string of the molecule is CC(C)(C)CN(CCN[C@H]1CCCC[C@@H]1NCCN(CC(=O)OC(C)(C)C)CC(=O)OC(C)(C)C)CC(C)(C)C. The fraction of sp³-hybridized carbons (Fsp3) is 0.938. The maximum Gasteiger partial charge on any atom is 0.320 e. The second-order valence-corrected chi connectivity index (χ2v) is 16.1. The smallest absolute Gasteiger partial charge is 0.320 e. The Kier molecular flexibility index (Phi) is 14.6. The number of carbonyl (C=O) groups is 2. The van der Waals surface area contributed by atoms with Gasteiger partial charge >= 0.3 is 11.9 Å². The van der Waals surface area contributed by atoms with Gasteiger partial charge in [0.15, 0.2) is 0 Å². The van der Waals surface area contributed by atoms with E-state index in [1.54, 1.807) is 0 Å². The molecule has 1 aliphatic carbocycles. The van der Waals surface area contributed by atoms with E-state index >= 15 is 0 Å². The van der Waals surface area contributed by atoms with Crippen molar-refractivity contribution in [3.63, 3.8) is 0 Å². The van der Waals surface area contributed by atoms with Crippen LogP contribution in [0, 0.1) is 10.8 Å². The lowest BCUT2D eigenvalue weighted by Gasteiger charge is -2.37. The van der Waals surface area contributed by atoms with Crippen LogP contribution < -0.4 is 10.6 Å². The average molecular weight is 569 g/mol. The summed E-state index contributed by atoms with van der Waals surface area (Å²) < 4.78 is 11.0. The molecule has 0 heterocycles. The Morgan fingerprint density at radius 2 is 0.975 bits per heavy atom. The largest absolute Gasteiger partial charge is 0.459 e. The molecule has 40 heavy (non-hydrogen) atoms. The summed E-state index contributed by atoms with van der Waals surface area (Å²) in [5, 5.41) is 7.60. The van der Waals surface area contributed by atoms with E-state index in [0.29, 0.717) is 25.2 Å². The summed E-state index contributed by atoms with van der Waals surface area (Å²) in [6.07, 6.45) is 4.75. The van der Waals surface area contributed by atoms with E-state index in [4.69, 9.17) is 9.47 Å². The Morgan fingerprint density at radius 1 is 0.625 bits per heavy atom. The van der Waals surface area contributed by atoms with Crippen molar-refractivity contribution in [1.82, 2.24) is 20.4 Å². The van der Waals surface area contributed by atoms with Gasteiger partial charge in [-0.1, -0.05) is 54.4 Å². The molecule has 0 saturated heterocycles. The summed E-state index contributed by atoms with van der Waals surface area (Å²) in [6, 6.07) is 0.794.